The molecule has 1 aliphatic rings. The van der Waals surface area contributed by atoms with Gasteiger partial charge < -0.3 is 9.80 Å². The zero-order valence-corrected chi connectivity index (χ0v) is 14.3. The van der Waals surface area contributed by atoms with Crippen LogP contribution in [0.1, 0.15) is 11.6 Å². The zero-order chi connectivity index (χ0) is 16.9. The molecule has 1 unspecified atom stereocenters. The molecular weight excluding hydrogens is 300 g/mol. The predicted octanol–water partition coefficient (Wildman–Crippen LogP) is 2.03. The van der Waals surface area contributed by atoms with Gasteiger partial charge in [0.15, 0.2) is 0 Å². The van der Waals surface area contributed by atoms with Gasteiger partial charge in [-0.3, -0.25) is 9.69 Å². The lowest BCUT2D eigenvalue weighted by molar-refractivity contribution is -0.134. The number of amides is 1. The van der Waals surface area contributed by atoms with Crippen LogP contribution < -0.4 is 4.90 Å². The first-order chi connectivity index (χ1) is 11.7. The number of anilines is 1. The molecular formula is C19H24N4O. The van der Waals surface area contributed by atoms with Crippen LogP contribution in [0.2, 0.25) is 0 Å². The van der Waals surface area contributed by atoms with E-state index in [2.05, 4.69) is 14.8 Å². The number of pyridine rings is 1. The molecule has 24 heavy (non-hydrogen) atoms. The molecule has 1 atom stereocenters. The number of piperazine rings is 1. The van der Waals surface area contributed by atoms with Gasteiger partial charge in [0.2, 0.25) is 5.91 Å². The molecule has 1 fully saturated rings. The largest absolute Gasteiger partial charge is 0.354 e. The molecule has 5 nitrogen and oxygen atoms in total. The van der Waals surface area contributed by atoms with Crippen LogP contribution in [0.25, 0.3) is 0 Å². The SMILES string of the molecule is CN(C)C(=O)C(c1ccccc1)N1CCN(c2ccccn2)CC1. The Hall–Kier alpha value is -2.40. The van der Waals surface area contributed by atoms with Crippen LogP contribution in [-0.4, -0.2) is 61.0 Å². The van der Waals surface area contributed by atoms with E-state index in [0.717, 1.165) is 37.6 Å². The summed E-state index contributed by atoms with van der Waals surface area (Å²) < 4.78 is 0. The van der Waals surface area contributed by atoms with Crippen LogP contribution in [-0.2, 0) is 4.79 Å². The van der Waals surface area contributed by atoms with E-state index in [1.165, 1.54) is 0 Å². The van der Waals surface area contributed by atoms with Gasteiger partial charge in [-0.2, -0.15) is 0 Å². The summed E-state index contributed by atoms with van der Waals surface area (Å²) in [6.07, 6.45) is 1.82. The Morgan fingerprint density at radius 1 is 1.00 bits per heavy atom. The van der Waals surface area contributed by atoms with E-state index < -0.39 is 0 Å². The second-order valence-electron chi connectivity index (χ2n) is 6.26. The third-order valence-electron chi connectivity index (χ3n) is 4.44. The summed E-state index contributed by atoms with van der Waals surface area (Å²) >= 11 is 0. The molecule has 2 heterocycles. The molecule has 1 aliphatic heterocycles. The van der Waals surface area contributed by atoms with Crippen LogP contribution in [0.5, 0.6) is 0 Å². The molecule has 1 amide bonds. The lowest BCUT2D eigenvalue weighted by Crippen LogP contribution is -2.51. The maximum atomic E-state index is 12.8. The summed E-state index contributed by atoms with van der Waals surface area (Å²) in [6, 6.07) is 15.8. The molecule has 1 aromatic carbocycles. The van der Waals surface area contributed by atoms with E-state index >= 15 is 0 Å². The van der Waals surface area contributed by atoms with Crippen molar-refractivity contribution < 1.29 is 4.79 Å². The molecule has 126 valence electrons. The van der Waals surface area contributed by atoms with Crippen molar-refractivity contribution >= 4 is 11.7 Å². The Bertz CT molecular complexity index is 652. The van der Waals surface area contributed by atoms with Crippen molar-refractivity contribution in [2.24, 2.45) is 0 Å². The molecule has 0 spiro atoms. The fraction of sp³-hybridized carbons (Fsp3) is 0.368. The topological polar surface area (TPSA) is 39.7 Å². The highest BCUT2D eigenvalue weighted by molar-refractivity contribution is 5.83. The number of aromatic nitrogens is 1. The molecule has 2 aromatic rings. The monoisotopic (exact) mass is 324 g/mol. The maximum Gasteiger partial charge on any atom is 0.244 e. The van der Waals surface area contributed by atoms with Gasteiger partial charge in [0, 0.05) is 46.5 Å². The van der Waals surface area contributed by atoms with Crippen molar-refractivity contribution in [3.05, 3.63) is 60.3 Å². The molecule has 0 radical (unpaired) electrons. The molecule has 5 heteroatoms. The van der Waals surface area contributed by atoms with Gasteiger partial charge in [0.25, 0.3) is 0 Å². The number of carbonyl (C=O) groups excluding carboxylic acids is 1. The lowest BCUT2D eigenvalue weighted by Gasteiger charge is -2.40. The van der Waals surface area contributed by atoms with Crippen LogP contribution in [0.4, 0.5) is 5.82 Å². The van der Waals surface area contributed by atoms with E-state index in [1.807, 2.05) is 68.8 Å². The van der Waals surface area contributed by atoms with E-state index in [0.29, 0.717) is 0 Å². The first-order valence-electron chi connectivity index (χ1n) is 8.33. The molecule has 1 saturated heterocycles. The first kappa shape index (κ1) is 16.5. The minimum Gasteiger partial charge on any atom is -0.354 e. The van der Waals surface area contributed by atoms with Crippen LogP contribution in [0, 0.1) is 0 Å². The summed E-state index contributed by atoms with van der Waals surface area (Å²) in [5.74, 6) is 1.14. The van der Waals surface area contributed by atoms with E-state index in [1.54, 1.807) is 4.90 Å². The van der Waals surface area contributed by atoms with Gasteiger partial charge in [-0.15, -0.1) is 0 Å². The molecule has 0 bridgehead atoms. The van der Waals surface area contributed by atoms with Crippen molar-refractivity contribution in [3.63, 3.8) is 0 Å². The lowest BCUT2D eigenvalue weighted by atomic mass is 10.0. The Labute approximate surface area is 143 Å². The molecule has 3 rings (SSSR count). The van der Waals surface area contributed by atoms with Crippen molar-refractivity contribution in [2.75, 3.05) is 45.2 Å². The summed E-state index contributed by atoms with van der Waals surface area (Å²) in [5.41, 5.74) is 1.06. The fourth-order valence-corrected chi connectivity index (χ4v) is 3.14. The molecule has 0 aliphatic carbocycles. The van der Waals surface area contributed by atoms with Crippen molar-refractivity contribution in [1.82, 2.24) is 14.8 Å². The van der Waals surface area contributed by atoms with Gasteiger partial charge >= 0.3 is 0 Å². The summed E-state index contributed by atoms with van der Waals surface area (Å²) in [7, 11) is 3.64. The number of hydrogen-bond acceptors (Lipinski definition) is 4. The first-order valence-corrected chi connectivity index (χ1v) is 8.33. The minimum atomic E-state index is -0.216. The van der Waals surface area contributed by atoms with Crippen LogP contribution in [0.3, 0.4) is 0 Å². The van der Waals surface area contributed by atoms with Crippen LogP contribution >= 0.6 is 0 Å². The predicted molar refractivity (Wildman–Crippen MR) is 95.9 cm³/mol. The second kappa shape index (κ2) is 7.45. The van der Waals surface area contributed by atoms with Gasteiger partial charge in [-0.1, -0.05) is 36.4 Å². The smallest absolute Gasteiger partial charge is 0.244 e. The standard InChI is InChI=1S/C19H24N4O/c1-21(2)19(24)18(16-8-4-3-5-9-16)23-14-12-22(13-15-23)17-10-6-7-11-20-17/h3-11,18H,12-15H2,1-2H3. The number of likely N-dealkylation sites (N-methyl/N-ethyl adjacent to an activating group) is 1. The Kier molecular flexibility index (Phi) is 5.11. The molecule has 1 aromatic heterocycles. The van der Waals surface area contributed by atoms with E-state index in [4.69, 9.17) is 0 Å². The summed E-state index contributed by atoms with van der Waals surface area (Å²) in [4.78, 5) is 23.4. The van der Waals surface area contributed by atoms with Gasteiger partial charge in [0.1, 0.15) is 11.9 Å². The normalized spacial score (nSPS) is 16.7. The minimum absolute atomic E-state index is 0.132. The number of carbonyl (C=O) groups is 1. The van der Waals surface area contributed by atoms with E-state index in [-0.39, 0.29) is 11.9 Å². The average Bonchev–Trinajstić information content (AvgIpc) is 2.64. The number of benzene rings is 1. The maximum absolute atomic E-state index is 12.8. The third-order valence-corrected chi connectivity index (χ3v) is 4.44. The number of rotatable bonds is 4. The Morgan fingerprint density at radius 3 is 2.25 bits per heavy atom. The zero-order valence-electron chi connectivity index (χ0n) is 14.3. The van der Waals surface area contributed by atoms with Crippen molar-refractivity contribution in [3.8, 4) is 0 Å². The summed E-state index contributed by atoms with van der Waals surface area (Å²) in [6.45, 7) is 3.44. The number of hydrogen-bond donors (Lipinski definition) is 0. The molecule has 0 saturated carbocycles. The number of nitrogens with zero attached hydrogens (tertiary/aromatic N) is 4. The third kappa shape index (κ3) is 3.57. The second-order valence-corrected chi connectivity index (χ2v) is 6.26. The Balaban J connectivity index is 1.75. The van der Waals surface area contributed by atoms with E-state index in [9.17, 15) is 4.79 Å². The highest BCUT2D eigenvalue weighted by atomic mass is 16.2. The van der Waals surface area contributed by atoms with Crippen LogP contribution in [0.15, 0.2) is 54.7 Å². The van der Waals surface area contributed by atoms with Gasteiger partial charge in [-0.05, 0) is 17.7 Å². The highest BCUT2D eigenvalue weighted by Gasteiger charge is 2.31. The van der Waals surface area contributed by atoms with Crippen molar-refractivity contribution in [2.45, 2.75) is 6.04 Å². The average molecular weight is 324 g/mol. The highest BCUT2D eigenvalue weighted by Crippen LogP contribution is 2.25. The molecule has 0 N–H and O–H groups in total. The van der Waals surface area contributed by atoms with Gasteiger partial charge in [0.05, 0.1) is 0 Å². The van der Waals surface area contributed by atoms with Crippen molar-refractivity contribution in [1.29, 1.82) is 0 Å². The van der Waals surface area contributed by atoms with Gasteiger partial charge in [-0.25, -0.2) is 4.98 Å². The fourth-order valence-electron chi connectivity index (χ4n) is 3.14. The summed E-state index contributed by atoms with van der Waals surface area (Å²) in [5, 5.41) is 0. The quantitative estimate of drug-likeness (QED) is 0.863. The Morgan fingerprint density at radius 2 is 1.67 bits per heavy atom.